The molecule has 81 valence electrons. The number of rotatable bonds is 1. The van der Waals surface area contributed by atoms with Crippen LogP contribution < -0.4 is 0 Å². The van der Waals surface area contributed by atoms with Crippen molar-refractivity contribution in [2.75, 3.05) is 26.2 Å². The maximum absolute atomic E-state index is 11.2. The van der Waals surface area contributed by atoms with Gasteiger partial charge in [-0.25, -0.2) is 0 Å². The lowest BCUT2D eigenvalue weighted by molar-refractivity contribution is -0.130. The summed E-state index contributed by atoms with van der Waals surface area (Å²) in [5.41, 5.74) is 1.31. The number of hydrogen-bond acceptors (Lipinski definition) is 2. The summed E-state index contributed by atoms with van der Waals surface area (Å²) in [4.78, 5) is 15.4. The molecule has 0 bridgehead atoms. The quantitative estimate of drug-likeness (QED) is 0.642. The Morgan fingerprint density at radius 1 is 1.27 bits per heavy atom. The van der Waals surface area contributed by atoms with Crippen molar-refractivity contribution in [3.8, 4) is 0 Å². The molecule has 0 aromatic heterocycles. The standard InChI is InChI=1S/C12H17N2O/c1-11(15)13-7-9-14(10-8-13)12-5-3-2-4-6-12/h2-3,5-6H,4,7-10H2,1H3. The predicted octanol–water partition coefficient (Wildman–Crippen LogP) is 1.20. The molecule has 3 nitrogen and oxygen atoms in total. The topological polar surface area (TPSA) is 23.6 Å². The van der Waals surface area contributed by atoms with E-state index < -0.39 is 0 Å². The van der Waals surface area contributed by atoms with Gasteiger partial charge in [0, 0.05) is 38.8 Å². The zero-order chi connectivity index (χ0) is 10.7. The number of nitrogens with zero attached hydrogens (tertiary/aromatic N) is 2. The second-order valence-corrected chi connectivity index (χ2v) is 3.95. The van der Waals surface area contributed by atoms with E-state index in [0.717, 1.165) is 32.6 Å². The van der Waals surface area contributed by atoms with Crippen molar-refractivity contribution in [2.45, 2.75) is 13.3 Å². The highest BCUT2D eigenvalue weighted by Crippen LogP contribution is 2.15. The molecule has 0 unspecified atom stereocenters. The molecular formula is C12H17N2O. The molecular weight excluding hydrogens is 188 g/mol. The Morgan fingerprint density at radius 3 is 2.53 bits per heavy atom. The number of hydrogen-bond donors (Lipinski definition) is 0. The third-order valence-corrected chi connectivity index (χ3v) is 2.96. The van der Waals surface area contributed by atoms with Gasteiger partial charge in [0.15, 0.2) is 0 Å². The van der Waals surface area contributed by atoms with E-state index in [1.165, 1.54) is 5.70 Å². The Labute approximate surface area is 91.0 Å². The smallest absolute Gasteiger partial charge is 0.219 e. The summed E-state index contributed by atoms with van der Waals surface area (Å²) in [7, 11) is 0. The molecule has 0 saturated carbocycles. The van der Waals surface area contributed by atoms with Gasteiger partial charge in [-0.15, -0.1) is 0 Å². The molecule has 1 radical (unpaired) electrons. The molecule has 1 amide bonds. The molecule has 0 N–H and O–H groups in total. The van der Waals surface area contributed by atoms with Crippen LogP contribution in [0.3, 0.4) is 0 Å². The Balaban J connectivity index is 1.90. The van der Waals surface area contributed by atoms with Crippen LogP contribution in [-0.4, -0.2) is 41.9 Å². The van der Waals surface area contributed by atoms with Crippen LogP contribution in [0.15, 0.2) is 23.9 Å². The van der Waals surface area contributed by atoms with E-state index in [9.17, 15) is 4.79 Å². The van der Waals surface area contributed by atoms with Gasteiger partial charge in [0.2, 0.25) is 5.91 Å². The summed E-state index contributed by atoms with van der Waals surface area (Å²) < 4.78 is 0. The molecule has 1 fully saturated rings. The molecule has 2 aliphatic rings. The van der Waals surface area contributed by atoms with Crippen molar-refractivity contribution in [3.63, 3.8) is 0 Å². The molecule has 1 saturated heterocycles. The second-order valence-electron chi connectivity index (χ2n) is 3.95. The van der Waals surface area contributed by atoms with Crippen molar-refractivity contribution >= 4 is 5.91 Å². The maximum Gasteiger partial charge on any atom is 0.219 e. The SMILES string of the molecule is CC(=O)N1CCN(C2=CC[CH]C=C2)CC1. The summed E-state index contributed by atoms with van der Waals surface area (Å²) in [6.45, 7) is 5.25. The minimum Gasteiger partial charge on any atom is -0.368 e. The van der Waals surface area contributed by atoms with Gasteiger partial charge in [-0.1, -0.05) is 12.2 Å². The van der Waals surface area contributed by atoms with E-state index in [1.54, 1.807) is 6.92 Å². The van der Waals surface area contributed by atoms with Gasteiger partial charge < -0.3 is 9.80 Å². The molecule has 1 aliphatic heterocycles. The van der Waals surface area contributed by atoms with Crippen LogP contribution >= 0.6 is 0 Å². The fourth-order valence-corrected chi connectivity index (χ4v) is 2.02. The van der Waals surface area contributed by atoms with Crippen LogP contribution in [0.1, 0.15) is 13.3 Å². The van der Waals surface area contributed by atoms with Crippen molar-refractivity contribution in [1.29, 1.82) is 0 Å². The Kier molecular flexibility index (Phi) is 3.09. The highest BCUT2D eigenvalue weighted by Gasteiger charge is 2.19. The minimum atomic E-state index is 0.191. The van der Waals surface area contributed by atoms with Crippen molar-refractivity contribution in [1.82, 2.24) is 9.80 Å². The first kappa shape index (κ1) is 10.3. The van der Waals surface area contributed by atoms with Crippen molar-refractivity contribution < 1.29 is 4.79 Å². The zero-order valence-corrected chi connectivity index (χ0v) is 9.15. The van der Waals surface area contributed by atoms with E-state index in [2.05, 4.69) is 29.5 Å². The van der Waals surface area contributed by atoms with E-state index in [1.807, 2.05) is 4.90 Å². The first-order chi connectivity index (χ1) is 7.27. The fraction of sp³-hybridized carbons (Fsp3) is 0.500. The Bertz CT molecular complexity index is 299. The zero-order valence-electron chi connectivity index (χ0n) is 9.15. The maximum atomic E-state index is 11.2. The normalized spacial score (nSPS) is 21.5. The van der Waals surface area contributed by atoms with Crippen molar-refractivity contribution in [2.24, 2.45) is 0 Å². The third-order valence-electron chi connectivity index (χ3n) is 2.96. The molecule has 0 atom stereocenters. The van der Waals surface area contributed by atoms with Crippen LogP contribution in [0.2, 0.25) is 0 Å². The average Bonchev–Trinajstić information content (AvgIpc) is 2.30. The first-order valence-electron chi connectivity index (χ1n) is 5.48. The molecule has 0 aromatic rings. The summed E-state index contributed by atoms with van der Waals surface area (Å²) in [6, 6.07) is 0. The van der Waals surface area contributed by atoms with Crippen LogP contribution in [0.25, 0.3) is 0 Å². The summed E-state index contributed by atoms with van der Waals surface area (Å²) in [5, 5.41) is 0. The van der Waals surface area contributed by atoms with Gasteiger partial charge in [0.1, 0.15) is 0 Å². The van der Waals surface area contributed by atoms with Crippen molar-refractivity contribution in [3.05, 3.63) is 30.3 Å². The van der Waals surface area contributed by atoms with E-state index in [0.29, 0.717) is 0 Å². The largest absolute Gasteiger partial charge is 0.368 e. The highest BCUT2D eigenvalue weighted by molar-refractivity contribution is 5.73. The van der Waals surface area contributed by atoms with E-state index in [4.69, 9.17) is 0 Å². The summed E-state index contributed by atoms with van der Waals surface area (Å²) >= 11 is 0. The number of carbonyl (C=O) groups is 1. The lowest BCUT2D eigenvalue weighted by Crippen LogP contribution is -2.47. The monoisotopic (exact) mass is 205 g/mol. The Morgan fingerprint density at radius 2 is 2.00 bits per heavy atom. The van der Waals surface area contributed by atoms with Crippen LogP contribution in [0, 0.1) is 6.42 Å². The van der Waals surface area contributed by atoms with E-state index >= 15 is 0 Å². The van der Waals surface area contributed by atoms with E-state index in [-0.39, 0.29) is 5.91 Å². The molecule has 0 aromatic carbocycles. The molecule has 0 spiro atoms. The van der Waals surface area contributed by atoms with Crippen LogP contribution in [0.4, 0.5) is 0 Å². The number of piperazine rings is 1. The minimum absolute atomic E-state index is 0.191. The molecule has 15 heavy (non-hydrogen) atoms. The third kappa shape index (κ3) is 2.41. The van der Waals surface area contributed by atoms with Crippen LogP contribution in [0.5, 0.6) is 0 Å². The van der Waals surface area contributed by atoms with Crippen LogP contribution in [-0.2, 0) is 4.79 Å². The number of carbonyl (C=O) groups excluding carboxylic acids is 1. The van der Waals surface area contributed by atoms with Gasteiger partial charge in [-0.2, -0.15) is 0 Å². The fourth-order valence-electron chi connectivity index (χ4n) is 2.02. The number of allylic oxidation sites excluding steroid dienone is 3. The van der Waals surface area contributed by atoms with Gasteiger partial charge in [-0.05, 0) is 18.9 Å². The predicted molar refractivity (Wildman–Crippen MR) is 60.0 cm³/mol. The average molecular weight is 205 g/mol. The number of amides is 1. The van der Waals surface area contributed by atoms with Gasteiger partial charge in [0.05, 0.1) is 0 Å². The van der Waals surface area contributed by atoms with Gasteiger partial charge in [-0.3, -0.25) is 4.79 Å². The molecule has 1 heterocycles. The lowest BCUT2D eigenvalue weighted by atomic mass is 10.1. The summed E-state index contributed by atoms with van der Waals surface area (Å²) in [6.07, 6.45) is 9.66. The molecule has 1 aliphatic carbocycles. The first-order valence-corrected chi connectivity index (χ1v) is 5.48. The highest BCUT2D eigenvalue weighted by atomic mass is 16.2. The summed E-state index contributed by atoms with van der Waals surface area (Å²) in [5.74, 6) is 0.191. The molecule has 3 heteroatoms. The van der Waals surface area contributed by atoms with Gasteiger partial charge >= 0.3 is 0 Å². The van der Waals surface area contributed by atoms with Gasteiger partial charge in [0.25, 0.3) is 0 Å². The second kappa shape index (κ2) is 4.51. The lowest BCUT2D eigenvalue weighted by Gasteiger charge is -2.36. The Hall–Kier alpha value is -1.25. The molecule has 2 rings (SSSR count).